The number of halogens is 1. The lowest BCUT2D eigenvalue weighted by Gasteiger charge is -2.28. The first-order valence-corrected chi connectivity index (χ1v) is 8.35. The Balaban J connectivity index is 1.94. The van der Waals surface area contributed by atoms with E-state index in [1.807, 2.05) is 12.3 Å². The molecule has 1 saturated carbocycles. The van der Waals surface area contributed by atoms with Crippen molar-refractivity contribution < 1.29 is 4.39 Å². The molecule has 0 radical (unpaired) electrons. The molecule has 0 aliphatic heterocycles. The van der Waals surface area contributed by atoms with Crippen molar-refractivity contribution in [1.82, 2.24) is 10.6 Å². The quantitative estimate of drug-likeness (QED) is 0.648. The molecule has 110 valence electrons. The molecule has 0 unspecified atom stereocenters. The van der Waals surface area contributed by atoms with Crippen molar-refractivity contribution >= 4 is 17.7 Å². The van der Waals surface area contributed by atoms with Gasteiger partial charge in [-0.15, -0.1) is 0 Å². The van der Waals surface area contributed by atoms with Gasteiger partial charge in [0.1, 0.15) is 5.82 Å². The SMILES string of the molecule is CN=C(NCc1ccc(F)cc1CSC)NC1CCC1. The highest BCUT2D eigenvalue weighted by molar-refractivity contribution is 7.97. The number of nitrogens with zero attached hydrogens (tertiary/aromatic N) is 1. The molecule has 20 heavy (non-hydrogen) atoms. The number of hydrogen-bond donors (Lipinski definition) is 2. The number of rotatable bonds is 5. The summed E-state index contributed by atoms with van der Waals surface area (Å²) >= 11 is 1.70. The minimum atomic E-state index is -0.172. The molecule has 1 aliphatic rings. The molecular formula is C15H22FN3S. The zero-order chi connectivity index (χ0) is 14.4. The molecule has 2 rings (SSSR count). The second-order valence-corrected chi connectivity index (χ2v) is 5.91. The molecule has 0 amide bonds. The predicted octanol–water partition coefficient (Wildman–Crippen LogP) is 2.91. The van der Waals surface area contributed by atoms with Crippen LogP contribution >= 0.6 is 11.8 Å². The van der Waals surface area contributed by atoms with E-state index in [9.17, 15) is 4.39 Å². The third-order valence-corrected chi connectivity index (χ3v) is 4.18. The molecule has 0 atom stereocenters. The van der Waals surface area contributed by atoms with E-state index >= 15 is 0 Å². The molecule has 1 aromatic carbocycles. The molecule has 0 bridgehead atoms. The molecule has 0 saturated heterocycles. The molecular weight excluding hydrogens is 273 g/mol. The Morgan fingerprint density at radius 1 is 1.40 bits per heavy atom. The van der Waals surface area contributed by atoms with E-state index in [-0.39, 0.29) is 5.82 Å². The van der Waals surface area contributed by atoms with Gasteiger partial charge in [0, 0.05) is 25.4 Å². The second kappa shape index (κ2) is 7.53. The van der Waals surface area contributed by atoms with Crippen molar-refractivity contribution in [3.63, 3.8) is 0 Å². The Bertz CT molecular complexity index is 472. The van der Waals surface area contributed by atoms with Crippen LogP contribution in [0.3, 0.4) is 0 Å². The first-order valence-electron chi connectivity index (χ1n) is 6.96. The van der Waals surface area contributed by atoms with E-state index in [1.54, 1.807) is 24.9 Å². The number of guanidine groups is 1. The zero-order valence-corrected chi connectivity index (χ0v) is 12.9. The van der Waals surface area contributed by atoms with Gasteiger partial charge in [-0.1, -0.05) is 6.07 Å². The van der Waals surface area contributed by atoms with Gasteiger partial charge in [0.2, 0.25) is 0 Å². The highest BCUT2D eigenvalue weighted by atomic mass is 32.2. The molecule has 2 N–H and O–H groups in total. The Labute approximate surface area is 124 Å². The molecule has 0 aromatic heterocycles. The van der Waals surface area contributed by atoms with Crippen LogP contribution in [0.4, 0.5) is 4.39 Å². The smallest absolute Gasteiger partial charge is 0.191 e. The van der Waals surface area contributed by atoms with Gasteiger partial charge in [0.25, 0.3) is 0 Å². The molecule has 1 aromatic rings. The Hall–Kier alpha value is -1.23. The number of aliphatic imine (C=N–C) groups is 1. The monoisotopic (exact) mass is 295 g/mol. The second-order valence-electron chi connectivity index (χ2n) is 5.04. The van der Waals surface area contributed by atoms with Gasteiger partial charge in [-0.2, -0.15) is 11.8 Å². The molecule has 5 heteroatoms. The van der Waals surface area contributed by atoms with Crippen LogP contribution < -0.4 is 10.6 Å². The third-order valence-electron chi connectivity index (χ3n) is 3.58. The minimum Gasteiger partial charge on any atom is -0.354 e. The third kappa shape index (κ3) is 4.13. The van der Waals surface area contributed by atoms with Gasteiger partial charge in [0.05, 0.1) is 0 Å². The summed E-state index contributed by atoms with van der Waals surface area (Å²) in [7, 11) is 1.78. The highest BCUT2D eigenvalue weighted by Crippen LogP contribution is 2.18. The van der Waals surface area contributed by atoms with Gasteiger partial charge in [-0.25, -0.2) is 4.39 Å². The predicted molar refractivity (Wildman–Crippen MR) is 84.6 cm³/mol. The number of hydrogen-bond acceptors (Lipinski definition) is 2. The highest BCUT2D eigenvalue weighted by Gasteiger charge is 2.18. The van der Waals surface area contributed by atoms with Crippen LogP contribution in [-0.2, 0) is 12.3 Å². The fourth-order valence-corrected chi connectivity index (χ4v) is 2.76. The van der Waals surface area contributed by atoms with Gasteiger partial charge < -0.3 is 10.6 Å². The lowest BCUT2D eigenvalue weighted by atomic mass is 9.93. The van der Waals surface area contributed by atoms with Gasteiger partial charge in [-0.05, 0) is 48.8 Å². The molecule has 0 spiro atoms. The first-order chi connectivity index (χ1) is 9.72. The summed E-state index contributed by atoms with van der Waals surface area (Å²) in [6.45, 7) is 0.669. The summed E-state index contributed by atoms with van der Waals surface area (Å²) in [6.07, 6.45) is 5.76. The van der Waals surface area contributed by atoms with Crippen LogP contribution in [0.5, 0.6) is 0 Å². The molecule has 3 nitrogen and oxygen atoms in total. The maximum Gasteiger partial charge on any atom is 0.191 e. The van der Waals surface area contributed by atoms with Crippen LogP contribution in [0.1, 0.15) is 30.4 Å². The van der Waals surface area contributed by atoms with E-state index in [0.717, 1.165) is 22.8 Å². The summed E-state index contributed by atoms with van der Waals surface area (Å²) in [5.74, 6) is 1.48. The number of benzene rings is 1. The zero-order valence-electron chi connectivity index (χ0n) is 12.1. The fourth-order valence-electron chi connectivity index (χ4n) is 2.18. The topological polar surface area (TPSA) is 36.4 Å². The Morgan fingerprint density at radius 2 is 2.20 bits per heavy atom. The maximum absolute atomic E-state index is 13.3. The van der Waals surface area contributed by atoms with Gasteiger partial charge >= 0.3 is 0 Å². The average Bonchev–Trinajstić information content (AvgIpc) is 2.39. The summed E-state index contributed by atoms with van der Waals surface area (Å²) in [4.78, 5) is 4.23. The summed E-state index contributed by atoms with van der Waals surface area (Å²) < 4.78 is 13.3. The number of thioether (sulfide) groups is 1. The molecule has 1 aliphatic carbocycles. The van der Waals surface area contributed by atoms with E-state index in [4.69, 9.17) is 0 Å². The van der Waals surface area contributed by atoms with E-state index in [2.05, 4.69) is 15.6 Å². The van der Waals surface area contributed by atoms with Crippen molar-refractivity contribution in [3.05, 3.63) is 35.1 Å². The van der Waals surface area contributed by atoms with E-state index in [1.165, 1.54) is 25.3 Å². The van der Waals surface area contributed by atoms with Crippen molar-refractivity contribution in [2.24, 2.45) is 4.99 Å². The number of nitrogens with one attached hydrogen (secondary N) is 2. The average molecular weight is 295 g/mol. The van der Waals surface area contributed by atoms with Crippen molar-refractivity contribution in [3.8, 4) is 0 Å². The Morgan fingerprint density at radius 3 is 2.80 bits per heavy atom. The van der Waals surface area contributed by atoms with Crippen LogP contribution in [0.2, 0.25) is 0 Å². The van der Waals surface area contributed by atoms with E-state index in [0.29, 0.717) is 12.6 Å². The van der Waals surface area contributed by atoms with Gasteiger partial charge in [-0.3, -0.25) is 4.99 Å². The van der Waals surface area contributed by atoms with Crippen molar-refractivity contribution in [2.75, 3.05) is 13.3 Å². The normalized spacial score (nSPS) is 15.8. The maximum atomic E-state index is 13.3. The minimum absolute atomic E-state index is 0.172. The van der Waals surface area contributed by atoms with Crippen LogP contribution in [0, 0.1) is 5.82 Å². The van der Waals surface area contributed by atoms with Crippen LogP contribution in [0.15, 0.2) is 23.2 Å². The fraction of sp³-hybridized carbons (Fsp3) is 0.533. The first kappa shape index (κ1) is 15.2. The van der Waals surface area contributed by atoms with Crippen LogP contribution in [-0.4, -0.2) is 25.3 Å². The standard InChI is InChI=1S/C15H22FN3S/c1-17-15(19-14-4-3-5-14)18-9-11-6-7-13(16)8-12(11)10-20-2/h6-8,14H,3-5,9-10H2,1-2H3,(H2,17,18,19). The lowest BCUT2D eigenvalue weighted by molar-refractivity contribution is 0.380. The molecule has 0 heterocycles. The summed E-state index contributed by atoms with van der Waals surface area (Å²) in [6, 6.07) is 5.54. The Kier molecular flexibility index (Phi) is 5.71. The largest absolute Gasteiger partial charge is 0.354 e. The summed E-state index contributed by atoms with van der Waals surface area (Å²) in [5, 5.41) is 6.71. The van der Waals surface area contributed by atoms with Gasteiger partial charge in [0.15, 0.2) is 5.96 Å². The molecule has 1 fully saturated rings. The summed E-state index contributed by atoms with van der Waals surface area (Å²) in [5.41, 5.74) is 2.17. The lowest BCUT2D eigenvalue weighted by Crippen LogP contribution is -2.46. The van der Waals surface area contributed by atoms with Crippen molar-refractivity contribution in [1.29, 1.82) is 0 Å². The van der Waals surface area contributed by atoms with Crippen molar-refractivity contribution in [2.45, 2.75) is 37.6 Å². The van der Waals surface area contributed by atoms with E-state index < -0.39 is 0 Å². The van der Waals surface area contributed by atoms with Crippen LogP contribution in [0.25, 0.3) is 0 Å².